The number of rotatable bonds is 49. The third-order valence-electron chi connectivity index (χ3n) is 11.8. The van der Waals surface area contributed by atoms with Crippen molar-refractivity contribution in [3.05, 3.63) is 85.1 Å². The van der Waals surface area contributed by atoms with Crippen LogP contribution in [-0.4, -0.2) is 73.4 Å². The van der Waals surface area contributed by atoms with Crippen molar-refractivity contribution in [2.45, 2.75) is 238 Å². The SMILES string of the molecule is CC/C=C\C/C=C\C/C=C\C/C=C\C/C=C\CCCCCCCC(=O)NC(COP(=O)(O)OCC[N+](C)(C)C)C(O)/C=C/CC/C=C/CCCCCCCCCCCCCCCCCCCC. The van der Waals surface area contributed by atoms with Gasteiger partial charge in [0, 0.05) is 6.42 Å². The van der Waals surface area contributed by atoms with Crippen LogP contribution >= 0.6 is 7.82 Å². The molecule has 9 heteroatoms. The summed E-state index contributed by atoms with van der Waals surface area (Å²) >= 11 is 0. The highest BCUT2D eigenvalue weighted by atomic mass is 31.2. The Morgan fingerprint density at radius 3 is 1.37 bits per heavy atom. The van der Waals surface area contributed by atoms with E-state index < -0.39 is 20.0 Å². The summed E-state index contributed by atoms with van der Waals surface area (Å²) in [6.07, 6.45) is 68.2. The Morgan fingerprint density at radius 1 is 0.522 bits per heavy atom. The van der Waals surface area contributed by atoms with Gasteiger partial charge in [0.15, 0.2) is 0 Å². The molecule has 0 spiro atoms. The van der Waals surface area contributed by atoms with Gasteiger partial charge in [0.25, 0.3) is 0 Å². The lowest BCUT2D eigenvalue weighted by molar-refractivity contribution is -0.870. The van der Waals surface area contributed by atoms with Crippen LogP contribution in [0.2, 0.25) is 0 Å². The zero-order valence-corrected chi connectivity index (χ0v) is 45.0. The van der Waals surface area contributed by atoms with E-state index in [1.165, 1.54) is 116 Å². The highest BCUT2D eigenvalue weighted by molar-refractivity contribution is 7.47. The Bertz CT molecular complexity index is 1360. The molecule has 0 radical (unpaired) electrons. The molecule has 0 aliphatic rings. The molecule has 3 unspecified atom stereocenters. The number of unbranched alkanes of at least 4 members (excludes halogenated alkanes) is 24. The zero-order chi connectivity index (χ0) is 49.2. The third kappa shape index (κ3) is 51.4. The summed E-state index contributed by atoms with van der Waals surface area (Å²) in [5, 5.41) is 13.9. The number of nitrogens with one attached hydrogen (secondary N) is 1. The quantitative estimate of drug-likeness (QED) is 0.0243. The lowest BCUT2D eigenvalue weighted by Gasteiger charge is -2.25. The monoisotopic (exact) mass is 958 g/mol. The molecule has 0 aromatic heterocycles. The van der Waals surface area contributed by atoms with Gasteiger partial charge in [0.05, 0.1) is 39.9 Å². The van der Waals surface area contributed by atoms with Crippen LogP contribution in [0.25, 0.3) is 0 Å². The normalized spacial score (nSPS) is 14.7. The van der Waals surface area contributed by atoms with Crippen LogP contribution < -0.4 is 5.32 Å². The van der Waals surface area contributed by atoms with Crippen molar-refractivity contribution < 1.29 is 32.9 Å². The standard InChI is InChI=1S/C58H105N2O6P/c1-6-8-10-12-14-16-18-20-22-24-26-28-29-30-32-33-35-37-39-41-43-45-47-49-51-57(61)56(55-66-67(63,64)65-54-53-60(3,4)5)59-58(62)52-50-48-46-44-42-40-38-36-34-31-27-25-23-21-19-17-15-13-11-9-7-2/h9,11,15,17,21,23,27,31,36,38,41,43,49,51,56-57,61H,6-8,10,12-14,16,18-20,22,24-26,28-30,32-35,37,39-40,42,44-48,50,52-55H2,1-5H3,(H-,59,62,63,64)/p+1/b11-9-,17-15-,23-21-,31-27-,38-36-,43-41+,51-49+. The molecule has 0 heterocycles. The maximum Gasteiger partial charge on any atom is 0.472 e. The molecule has 0 aromatic carbocycles. The number of hydrogen-bond acceptors (Lipinski definition) is 5. The molecular weight excluding hydrogens is 852 g/mol. The summed E-state index contributed by atoms with van der Waals surface area (Å²) in [5.41, 5.74) is 0. The first-order valence-corrected chi connectivity index (χ1v) is 29.0. The Balaban J connectivity index is 4.36. The molecule has 0 bridgehead atoms. The highest BCUT2D eigenvalue weighted by Crippen LogP contribution is 2.43. The fraction of sp³-hybridized carbons (Fsp3) is 0.741. The fourth-order valence-electron chi connectivity index (χ4n) is 7.55. The number of phosphoric acid groups is 1. The van der Waals surface area contributed by atoms with Gasteiger partial charge in [-0.25, -0.2) is 4.57 Å². The molecule has 3 N–H and O–H groups in total. The van der Waals surface area contributed by atoms with Gasteiger partial charge in [-0.15, -0.1) is 0 Å². The number of carbonyl (C=O) groups is 1. The number of aliphatic hydroxyl groups excluding tert-OH is 1. The number of nitrogens with zero attached hydrogens (tertiary/aromatic N) is 1. The van der Waals surface area contributed by atoms with Crippen molar-refractivity contribution in [1.82, 2.24) is 5.32 Å². The Morgan fingerprint density at radius 2 is 0.910 bits per heavy atom. The zero-order valence-electron chi connectivity index (χ0n) is 44.1. The Kier molecular flexibility index (Phi) is 47.0. The predicted octanol–water partition coefficient (Wildman–Crippen LogP) is 16.5. The minimum atomic E-state index is -4.37. The largest absolute Gasteiger partial charge is 0.472 e. The second kappa shape index (κ2) is 48.7. The predicted molar refractivity (Wildman–Crippen MR) is 290 cm³/mol. The number of allylic oxidation sites excluding steroid dienone is 13. The summed E-state index contributed by atoms with van der Waals surface area (Å²) in [5.74, 6) is -0.207. The minimum Gasteiger partial charge on any atom is -0.387 e. The Hall–Kier alpha value is -2.32. The molecule has 0 fully saturated rings. The van der Waals surface area contributed by atoms with Crippen molar-refractivity contribution in [3.8, 4) is 0 Å². The average molecular weight is 958 g/mol. The molecule has 0 aromatic rings. The maximum atomic E-state index is 13.0. The molecule has 1 amide bonds. The molecule has 0 saturated heterocycles. The minimum absolute atomic E-state index is 0.0478. The van der Waals surface area contributed by atoms with Crippen molar-refractivity contribution in [2.24, 2.45) is 0 Å². The lowest BCUT2D eigenvalue weighted by atomic mass is 10.0. The van der Waals surface area contributed by atoms with Crippen LogP contribution in [-0.2, 0) is 18.4 Å². The number of hydrogen-bond donors (Lipinski definition) is 3. The van der Waals surface area contributed by atoms with E-state index in [2.05, 4.69) is 92.1 Å². The molecule has 67 heavy (non-hydrogen) atoms. The molecular formula is C58H106N2O6P+. The van der Waals surface area contributed by atoms with Crippen LogP contribution in [0.3, 0.4) is 0 Å². The molecule has 0 aliphatic heterocycles. The van der Waals surface area contributed by atoms with Gasteiger partial charge in [-0.1, -0.05) is 227 Å². The van der Waals surface area contributed by atoms with E-state index in [0.717, 1.165) is 89.9 Å². The first-order valence-electron chi connectivity index (χ1n) is 27.5. The smallest absolute Gasteiger partial charge is 0.387 e. The van der Waals surface area contributed by atoms with Gasteiger partial charge in [0.2, 0.25) is 5.91 Å². The average Bonchev–Trinajstić information content (AvgIpc) is 3.29. The van der Waals surface area contributed by atoms with Gasteiger partial charge in [-0.2, -0.15) is 0 Å². The van der Waals surface area contributed by atoms with E-state index >= 15 is 0 Å². The fourth-order valence-corrected chi connectivity index (χ4v) is 8.29. The summed E-state index contributed by atoms with van der Waals surface area (Å²) in [6.45, 7) is 4.67. The molecule has 0 saturated carbocycles. The number of carbonyl (C=O) groups excluding carboxylic acids is 1. The van der Waals surface area contributed by atoms with E-state index in [-0.39, 0.29) is 19.1 Å². The van der Waals surface area contributed by atoms with Gasteiger partial charge >= 0.3 is 7.82 Å². The van der Waals surface area contributed by atoms with Crippen molar-refractivity contribution in [1.29, 1.82) is 0 Å². The van der Waals surface area contributed by atoms with Crippen LogP contribution in [0.5, 0.6) is 0 Å². The van der Waals surface area contributed by atoms with E-state index in [0.29, 0.717) is 17.4 Å². The summed E-state index contributed by atoms with van der Waals surface area (Å²) in [4.78, 5) is 23.3. The van der Waals surface area contributed by atoms with Gasteiger partial charge in [0.1, 0.15) is 13.2 Å². The number of likely N-dealkylation sites (N-methyl/N-ethyl adjacent to an activating group) is 1. The molecule has 8 nitrogen and oxygen atoms in total. The number of quaternary nitrogens is 1. The molecule has 0 aliphatic carbocycles. The van der Waals surface area contributed by atoms with Gasteiger partial charge in [-0.05, 0) is 77.0 Å². The molecule has 3 atom stereocenters. The van der Waals surface area contributed by atoms with Crippen LogP contribution in [0.4, 0.5) is 0 Å². The summed E-state index contributed by atoms with van der Waals surface area (Å²) < 4.78 is 23.7. The van der Waals surface area contributed by atoms with E-state index in [1.807, 2.05) is 27.2 Å². The van der Waals surface area contributed by atoms with Crippen molar-refractivity contribution >= 4 is 13.7 Å². The van der Waals surface area contributed by atoms with Crippen LogP contribution in [0.1, 0.15) is 226 Å². The van der Waals surface area contributed by atoms with E-state index in [4.69, 9.17) is 9.05 Å². The second-order valence-electron chi connectivity index (χ2n) is 19.6. The third-order valence-corrected chi connectivity index (χ3v) is 12.8. The van der Waals surface area contributed by atoms with Crippen molar-refractivity contribution in [2.75, 3.05) is 40.9 Å². The topological polar surface area (TPSA) is 105 Å². The highest BCUT2D eigenvalue weighted by Gasteiger charge is 2.27. The first kappa shape index (κ1) is 64.7. The van der Waals surface area contributed by atoms with E-state index in [1.54, 1.807) is 6.08 Å². The summed E-state index contributed by atoms with van der Waals surface area (Å²) in [6, 6.07) is -0.880. The molecule has 388 valence electrons. The van der Waals surface area contributed by atoms with E-state index in [9.17, 15) is 19.4 Å². The maximum absolute atomic E-state index is 13.0. The number of aliphatic hydroxyl groups is 1. The van der Waals surface area contributed by atoms with Crippen LogP contribution in [0, 0.1) is 0 Å². The number of phosphoric ester groups is 1. The Labute approximate surface area is 414 Å². The van der Waals surface area contributed by atoms with Crippen LogP contribution in [0.15, 0.2) is 85.1 Å². The van der Waals surface area contributed by atoms with Gasteiger partial charge in [-0.3, -0.25) is 13.8 Å². The summed E-state index contributed by atoms with van der Waals surface area (Å²) in [7, 11) is 1.53. The first-order chi connectivity index (χ1) is 32.5. The van der Waals surface area contributed by atoms with Crippen molar-refractivity contribution in [3.63, 3.8) is 0 Å². The lowest BCUT2D eigenvalue weighted by Crippen LogP contribution is -2.45. The molecule has 0 rings (SSSR count). The number of amides is 1. The van der Waals surface area contributed by atoms with Gasteiger partial charge < -0.3 is 19.8 Å². The second-order valence-corrected chi connectivity index (χ2v) is 21.0.